The van der Waals surface area contributed by atoms with Crippen molar-refractivity contribution in [2.45, 2.75) is 0 Å². The number of ether oxygens (including phenoxy) is 1. The molecule has 0 aliphatic carbocycles. The Morgan fingerprint density at radius 2 is 2.07 bits per heavy atom. The Balaban J connectivity index is 1.92. The van der Waals surface area contributed by atoms with Crippen LogP contribution < -0.4 is 0 Å². The van der Waals surface area contributed by atoms with Crippen LogP contribution in [0.5, 0.6) is 0 Å². The van der Waals surface area contributed by atoms with E-state index in [1.54, 1.807) is 35.0 Å². The van der Waals surface area contributed by atoms with Crippen molar-refractivity contribution >= 4 is 40.6 Å². The summed E-state index contributed by atoms with van der Waals surface area (Å²) >= 11 is 0.714. The minimum atomic E-state index is -0.696. The number of aromatic nitrogens is 1. The van der Waals surface area contributed by atoms with Crippen molar-refractivity contribution in [3.05, 3.63) is 63.3 Å². The molecule has 0 N–H and O–H groups in total. The SMILES string of the molecule is COC(=O)CN1C(=O)S/C(=C\c2cccn2-c2cccc([N+](=O)[O-])c2)C1=O. The molecule has 1 fully saturated rings. The van der Waals surface area contributed by atoms with Crippen LogP contribution in [0.15, 0.2) is 47.5 Å². The molecule has 0 atom stereocenters. The first-order chi connectivity index (χ1) is 12.9. The van der Waals surface area contributed by atoms with E-state index in [0.29, 0.717) is 23.1 Å². The molecule has 0 unspecified atom stereocenters. The molecule has 1 aromatic heterocycles. The van der Waals surface area contributed by atoms with Gasteiger partial charge in [-0.05, 0) is 36.0 Å². The minimum Gasteiger partial charge on any atom is -0.468 e. The minimum absolute atomic E-state index is 0.0643. The molecule has 0 saturated carbocycles. The molecule has 1 aliphatic heterocycles. The Hall–Kier alpha value is -3.40. The first-order valence-corrected chi connectivity index (χ1v) is 8.46. The van der Waals surface area contributed by atoms with Crippen LogP contribution in [0.25, 0.3) is 11.8 Å². The number of amides is 2. The number of nitro groups is 1. The summed E-state index contributed by atoms with van der Waals surface area (Å²) in [5, 5.41) is 10.4. The highest BCUT2D eigenvalue weighted by atomic mass is 32.2. The predicted molar refractivity (Wildman–Crippen MR) is 97.1 cm³/mol. The molecule has 1 aliphatic rings. The maximum absolute atomic E-state index is 12.4. The van der Waals surface area contributed by atoms with E-state index in [1.807, 2.05) is 0 Å². The fourth-order valence-corrected chi connectivity index (χ4v) is 3.29. The quantitative estimate of drug-likeness (QED) is 0.335. The lowest BCUT2D eigenvalue weighted by atomic mass is 10.2. The van der Waals surface area contributed by atoms with E-state index in [1.165, 1.54) is 25.3 Å². The summed E-state index contributed by atoms with van der Waals surface area (Å²) < 4.78 is 6.14. The second-order valence-electron chi connectivity index (χ2n) is 5.42. The van der Waals surface area contributed by atoms with Gasteiger partial charge >= 0.3 is 5.97 Å². The van der Waals surface area contributed by atoms with Crippen molar-refractivity contribution in [1.29, 1.82) is 0 Å². The summed E-state index contributed by atoms with van der Waals surface area (Å²) in [6.07, 6.45) is 3.19. The molecule has 27 heavy (non-hydrogen) atoms. The summed E-state index contributed by atoms with van der Waals surface area (Å²) in [4.78, 5) is 47.2. The smallest absolute Gasteiger partial charge is 0.325 e. The lowest BCUT2D eigenvalue weighted by molar-refractivity contribution is -0.384. The maximum atomic E-state index is 12.4. The fraction of sp³-hybridized carbons (Fsp3) is 0.118. The van der Waals surface area contributed by atoms with Crippen LogP contribution in [0, 0.1) is 10.1 Å². The molecular formula is C17H13N3O6S. The summed E-state index contributed by atoms with van der Waals surface area (Å²) in [6.45, 7) is -0.454. The molecule has 9 nitrogen and oxygen atoms in total. The van der Waals surface area contributed by atoms with Crippen molar-refractivity contribution in [2.24, 2.45) is 0 Å². The average Bonchev–Trinajstić information content (AvgIpc) is 3.22. The maximum Gasteiger partial charge on any atom is 0.325 e. The molecule has 1 aromatic carbocycles. The van der Waals surface area contributed by atoms with Crippen molar-refractivity contribution in [2.75, 3.05) is 13.7 Å². The van der Waals surface area contributed by atoms with Gasteiger partial charge in [-0.1, -0.05) is 6.07 Å². The number of hydrogen-bond acceptors (Lipinski definition) is 7. The van der Waals surface area contributed by atoms with Gasteiger partial charge in [0.05, 0.1) is 22.6 Å². The molecule has 10 heteroatoms. The van der Waals surface area contributed by atoms with Crippen molar-refractivity contribution < 1.29 is 24.0 Å². The number of thioether (sulfide) groups is 1. The van der Waals surface area contributed by atoms with Crippen LogP contribution in [-0.4, -0.2) is 45.2 Å². The van der Waals surface area contributed by atoms with E-state index in [4.69, 9.17) is 0 Å². The van der Waals surface area contributed by atoms with Crippen LogP contribution in [0.4, 0.5) is 10.5 Å². The van der Waals surface area contributed by atoms with Gasteiger partial charge in [0.1, 0.15) is 6.54 Å². The Morgan fingerprint density at radius 1 is 1.30 bits per heavy atom. The third kappa shape index (κ3) is 3.75. The summed E-state index contributed by atoms with van der Waals surface area (Å²) in [5.41, 5.74) is 1.03. The van der Waals surface area contributed by atoms with Gasteiger partial charge in [-0.2, -0.15) is 0 Å². The summed E-state index contributed by atoms with van der Waals surface area (Å²) in [6, 6.07) is 9.44. The van der Waals surface area contributed by atoms with Crippen LogP contribution >= 0.6 is 11.8 Å². The number of imide groups is 1. The van der Waals surface area contributed by atoms with Crippen LogP contribution in [-0.2, 0) is 14.3 Å². The Morgan fingerprint density at radius 3 is 2.78 bits per heavy atom. The Labute approximate surface area is 157 Å². The highest BCUT2D eigenvalue weighted by Gasteiger charge is 2.36. The van der Waals surface area contributed by atoms with E-state index in [-0.39, 0.29) is 10.6 Å². The third-order valence-corrected chi connectivity index (χ3v) is 4.67. The normalized spacial score (nSPS) is 15.4. The molecule has 1 saturated heterocycles. The van der Waals surface area contributed by atoms with E-state index in [0.717, 1.165) is 4.90 Å². The van der Waals surface area contributed by atoms with E-state index in [9.17, 15) is 24.5 Å². The second kappa shape index (κ2) is 7.46. The second-order valence-corrected chi connectivity index (χ2v) is 6.42. The molecule has 138 valence electrons. The zero-order chi connectivity index (χ0) is 19.6. The molecule has 2 aromatic rings. The first-order valence-electron chi connectivity index (χ1n) is 7.65. The zero-order valence-corrected chi connectivity index (χ0v) is 14.8. The van der Waals surface area contributed by atoms with Crippen LogP contribution in [0.2, 0.25) is 0 Å². The lowest BCUT2D eigenvalue weighted by Crippen LogP contribution is -2.34. The van der Waals surface area contributed by atoms with Gasteiger partial charge in [0.25, 0.3) is 16.8 Å². The zero-order valence-electron chi connectivity index (χ0n) is 14.0. The molecule has 0 radical (unpaired) electrons. The number of esters is 1. The van der Waals surface area contributed by atoms with Gasteiger partial charge in [-0.15, -0.1) is 0 Å². The largest absolute Gasteiger partial charge is 0.468 e. The number of benzene rings is 1. The number of carbonyl (C=O) groups is 3. The van der Waals surface area contributed by atoms with Gasteiger partial charge in [-0.25, -0.2) is 0 Å². The topological polar surface area (TPSA) is 112 Å². The van der Waals surface area contributed by atoms with Crippen molar-refractivity contribution in [3.8, 4) is 5.69 Å². The standard InChI is InChI=1S/C17H13N3O6S/c1-26-15(21)10-19-16(22)14(27-17(19)23)9-12-6-3-7-18(12)11-4-2-5-13(8-11)20(24)25/h2-9H,10H2,1H3/b14-9-. The molecule has 0 spiro atoms. The highest BCUT2D eigenvalue weighted by molar-refractivity contribution is 8.18. The molecule has 0 bridgehead atoms. The van der Waals surface area contributed by atoms with Crippen molar-refractivity contribution in [1.82, 2.24) is 9.47 Å². The number of nitro benzene ring substituents is 1. The summed E-state index contributed by atoms with van der Waals surface area (Å²) in [7, 11) is 1.17. The number of carbonyl (C=O) groups excluding carboxylic acids is 3. The van der Waals surface area contributed by atoms with E-state index in [2.05, 4.69) is 4.74 Å². The Bertz CT molecular complexity index is 981. The van der Waals surface area contributed by atoms with Gasteiger partial charge in [0, 0.05) is 24.0 Å². The third-order valence-electron chi connectivity index (χ3n) is 3.77. The number of non-ortho nitro benzene ring substituents is 1. The van der Waals surface area contributed by atoms with Crippen LogP contribution in [0.3, 0.4) is 0 Å². The number of nitrogens with zero attached hydrogens (tertiary/aromatic N) is 3. The van der Waals surface area contributed by atoms with Gasteiger partial charge < -0.3 is 9.30 Å². The molecular weight excluding hydrogens is 374 g/mol. The van der Waals surface area contributed by atoms with Gasteiger partial charge in [0.15, 0.2) is 0 Å². The number of hydrogen-bond donors (Lipinski definition) is 0. The monoisotopic (exact) mass is 387 g/mol. The highest BCUT2D eigenvalue weighted by Crippen LogP contribution is 2.32. The van der Waals surface area contributed by atoms with Gasteiger partial charge in [0.2, 0.25) is 0 Å². The predicted octanol–water partition coefficient (Wildman–Crippen LogP) is 2.59. The Kier molecular flexibility index (Phi) is 5.08. The molecule has 2 amide bonds. The fourth-order valence-electron chi connectivity index (χ4n) is 2.47. The van der Waals surface area contributed by atoms with E-state index >= 15 is 0 Å². The average molecular weight is 387 g/mol. The first kappa shape index (κ1) is 18.4. The van der Waals surface area contributed by atoms with E-state index < -0.39 is 28.6 Å². The lowest BCUT2D eigenvalue weighted by Gasteiger charge is -2.10. The van der Waals surface area contributed by atoms with Crippen LogP contribution in [0.1, 0.15) is 5.69 Å². The van der Waals surface area contributed by atoms with Crippen molar-refractivity contribution in [3.63, 3.8) is 0 Å². The summed E-state index contributed by atoms with van der Waals surface area (Å²) in [5.74, 6) is -1.29. The number of methoxy groups -OCH3 is 1. The molecule has 2 heterocycles. The number of rotatable bonds is 5. The van der Waals surface area contributed by atoms with Gasteiger partial charge in [-0.3, -0.25) is 29.4 Å². The molecule has 3 rings (SSSR count).